The first-order valence-electron chi connectivity index (χ1n) is 4.22. The first-order valence-corrected chi connectivity index (χ1v) is 4.22. The van der Waals surface area contributed by atoms with Crippen molar-refractivity contribution in [1.29, 1.82) is 0 Å². The number of benzene rings is 1. The molecule has 0 aliphatic rings. The predicted octanol–water partition coefficient (Wildman–Crippen LogP) is 1.26. The third-order valence-corrected chi connectivity index (χ3v) is 1.76. The number of halogens is 4. The van der Waals surface area contributed by atoms with E-state index in [0.29, 0.717) is 12.1 Å². The van der Waals surface area contributed by atoms with Gasteiger partial charge < -0.3 is 11.5 Å². The third-order valence-electron chi connectivity index (χ3n) is 1.76. The van der Waals surface area contributed by atoms with E-state index in [2.05, 4.69) is 4.99 Å². The van der Waals surface area contributed by atoms with Gasteiger partial charge in [-0.25, -0.2) is 4.39 Å². The average Bonchev–Trinajstić information content (AvgIpc) is 2.14. The van der Waals surface area contributed by atoms with E-state index >= 15 is 0 Å². The average molecular weight is 249 g/mol. The topological polar surface area (TPSA) is 81.5 Å². The molecule has 8 heteroatoms. The lowest BCUT2D eigenvalue weighted by atomic mass is 10.1. The maximum atomic E-state index is 13.2. The fourth-order valence-corrected chi connectivity index (χ4v) is 1.04. The fraction of sp³-hybridized carbons (Fsp3) is 0.111. The van der Waals surface area contributed by atoms with Crippen molar-refractivity contribution in [1.82, 2.24) is 0 Å². The molecule has 0 aliphatic carbocycles. The van der Waals surface area contributed by atoms with Crippen LogP contribution >= 0.6 is 0 Å². The van der Waals surface area contributed by atoms with Crippen molar-refractivity contribution in [2.75, 3.05) is 0 Å². The highest BCUT2D eigenvalue weighted by molar-refractivity contribution is 6.02. The van der Waals surface area contributed by atoms with Gasteiger partial charge in [0.05, 0.1) is 11.1 Å². The van der Waals surface area contributed by atoms with Gasteiger partial charge in [-0.15, -0.1) is 0 Å². The van der Waals surface area contributed by atoms with E-state index in [-0.39, 0.29) is 6.07 Å². The van der Waals surface area contributed by atoms with Crippen molar-refractivity contribution in [3.05, 3.63) is 35.1 Å². The van der Waals surface area contributed by atoms with E-state index in [0.717, 1.165) is 0 Å². The van der Waals surface area contributed by atoms with Crippen LogP contribution in [0.3, 0.4) is 0 Å². The highest BCUT2D eigenvalue weighted by atomic mass is 19.4. The van der Waals surface area contributed by atoms with E-state index in [1.165, 1.54) is 0 Å². The Hall–Kier alpha value is -2.12. The van der Waals surface area contributed by atoms with Crippen molar-refractivity contribution < 1.29 is 22.4 Å². The van der Waals surface area contributed by atoms with Gasteiger partial charge in [-0.3, -0.25) is 4.79 Å². The lowest BCUT2D eigenvalue weighted by Gasteiger charge is -2.07. The largest absolute Gasteiger partial charge is 0.416 e. The number of aliphatic imine (C=N–C) groups is 1. The second-order valence-electron chi connectivity index (χ2n) is 3.03. The molecule has 92 valence electrons. The smallest absolute Gasteiger partial charge is 0.370 e. The van der Waals surface area contributed by atoms with Crippen LogP contribution in [0.5, 0.6) is 0 Å². The summed E-state index contributed by atoms with van der Waals surface area (Å²) >= 11 is 0. The van der Waals surface area contributed by atoms with Crippen LogP contribution < -0.4 is 11.5 Å². The van der Waals surface area contributed by atoms with Gasteiger partial charge in [0.25, 0.3) is 5.91 Å². The summed E-state index contributed by atoms with van der Waals surface area (Å²) in [6, 6.07) is 1.45. The number of carbonyl (C=O) groups excluding carboxylic acids is 1. The van der Waals surface area contributed by atoms with Crippen molar-refractivity contribution >= 4 is 11.9 Å². The van der Waals surface area contributed by atoms with Gasteiger partial charge in [0.1, 0.15) is 5.82 Å². The second kappa shape index (κ2) is 4.40. The number of guanidine groups is 1. The number of carbonyl (C=O) groups is 1. The van der Waals surface area contributed by atoms with Gasteiger partial charge in [0, 0.05) is 0 Å². The lowest BCUT2D eigenvalue weighted by molar-refractivity contribution is -0.137. The molecule has 4 N–H and O–H groups in total. The summed E-state index contributed by atoms with van der Waals surface area (Å²) in [7, 11) is 0. The quantitative estimate of drug-likeness (QED) is 0.446. The Labute approximate surface area is 92.9 Å². The second-order valence-corrected chi connectivity index (χ2v) is 3.03. The van der Waals surface area contributed by atoms with E-state index in [9.17, 15) is 22.4 Å². The predicted molar refractivity (Wildman–Crippen MR) is 51.5 cm³/mol. The minimum absolute atomic E-state index is 0.204. The normalized spacial score (nSPS) is 11.1. The molecule has 1 amide bonds. The van der Waals surface area contributed by atoms with Crippen molar-refractivity contribution in [3.8, 4) is 0 Å². The SMILES string of the molecule is NC(N)=NC(=O)c1ccc(C(F)(F)F)cc1F. The number of rotatable bonds is 1. The van der Waals surface area contributed by atoms with Crippen LogP contribution in [-0.4, -0.2) is 11.9 Å². The number of alkyl halides is 3. The van der Waals surface area contributed by atoms with E-state index in [1.807, 2.05) is 0 Å². The Morgan fingerprint density at radius 2 is 1.82 bits per heavy atom. The molecule has 1 aromatic carbocycles. The Balaban J connectivity index is 3.15. The molecule has 0 fully saturated rings. The molecule has 0 spiro atoms. The van der Waals surface area contributed by atoms with Crippen molar-refractivity contribution in [2.24, 2.45) is 16.5 Å². The van der Waals surface area contributed by atoms with Crippen LogP contribution in [-0.2, 0) is 6.18 Å². The molecular formula is C9H7F4N3O. The molecule has 1 aromatic rings. The molecule has 0 bridgehead atoms. The van der Waals surface area contributed by atoms with Gasteiger partial charge >= 0.3 is 6.18 Å². The van der Waals surface area contributed by atoms with Gasteiger partial charge in [-0.2, -0.15) is 18.2 Å². The Bertz CT molecular complexity index is 478. The first kappa shape index (κ1) is 12.9. The summed E-state index contributed by atoms with van der Waals surface area (Å²) in [6.45, 7) is 0. The zero-order valence-corrected chi connectivity index (χ0v) is 8.25. The van der Waals surface area contributed by atoms with Crippen molar-refractivity contribution in [2.45, 2.75) is 6.18 Å². The number of hydrogen-bond donors (Lipinski definition) is 2. The molecule has 0 heterocycles. The standard InChI is InChI=1S/C9H7F4N3O/c10-6-3-4(9(11,12)13)1-2-5(6)7(17)16-8(14)15/h1-3H,(H4,14,15,16,17). The summed E-state index contributed by atoms with van der Waals surface area (Å²) in [5.41, 5.74) is 7.94. The van der Waals surface area contributed by atoms with Crippen LogP contribution in [0.4, 0.5) is 17.6 Å². The van der Waals surface area contributed by atoms with Gasteiger partial charge in [0.2, 0.25) is 0 Å². The Morgan fingerprint density at radius 1 is 1.24 bits per heavy atom. The summed E-state index contributed by atoms with van der Waals surface area (Å²) in [5.74, 6) is -3.08. The molecule has 0 aromatic heterocycles. The minimum Gasteiger partial charge on any atom is -0.370 e. The molecule has 4 nitrogen and oxygen atoms in total. The van der Waals surface area contributed by atoms with Crippen LogP contribution in [0.1, 0.15) is 15.9 Å². The fourth-order valence-electron chi connectivity index (χ4n) is 1.04. The zero-order chi connectivity index (χ0) is 13.2. The van der Waals surface area contributed by atoms with Crippen LogP contribution in [0.25, 0.3) is 0 Å². The summed E-state index contributed by atoms with van der Waals surface area (Å²) < 4.78 is 49.8. The van der Waals surface area contributed by atoms with Gasteiger partial charge in [0.15, 0.2) is 5.96 Å². The maximum absolute atomic E-state index is 13.2. The third kappa shape index (κ3) is 3.16. The Kier molecular flexibility index (Phi) is 3.35. The molecule has 0 saturated carbocycles. The molecular weight excluding hydrogens is 242 g/mol. The highest BCUT2D eigenvalue weighted by Crippen LogP contribution is 2.30. The lowest BCUT2D eigenvalue weighted by Crippen LogP contribution is -2.24. The van der Waals surface area contributed by atoms with Crippen molar-refractivity contribution in [3.63, 3.8) is 0 Å². The van der Waals surface area contributed by atoms with E-state index < -0.39 is 35.0 Å². The maximum Gasteiger partial charge on any atom is 0.416 e. The molecule has 17 heavy (non-hydrogen) atoms. The van der Waals surface area contributed by atoms with Crippen LogP contribution in [0, 0.1) is 5.82 Å². The summed E-state index contributed by atoms with van der Waals surface area (Å²) in [6.07, 6.45) is -4.68. The molecule has 0 unspecified atom stereocenters. The number of hydrogen-bond acceptors (Lipinski definition) is 1. The molecule has 0 saturated heterocycles. The summed E-state index contributed by atoms with van der Waals surface area (Å²) in [5, 5.41) is 0. The number of nitrogens with zero attached hydrogens (tertiary/aromatic N) is 1. The van der Waals surface area contributed by atoms with Gasteiger partial charge in [-0.05, 0) is 18.2 Å². The Morgan fingerprint density at radius 3 is 2.24 bits per heavy atom. The monoisotopic (exact) mass is 249 g/mol. The van der Waals surface area contributed by atoms with Crippen LogP contribution in [0.15, 0.2) is 23.2 Å². The van der Waals surface area contributed by atoms with E-state index in [4.69, 9.17) is 11.5 Å². The first-order chi connectivity index (χ1) is 7.71. The summed E-state index contributed by atoms with van der Waals surface area (Å²) in [4.78, 5) is 14.2. The van der Waals surface area contributed by atoms with Crippen LogP contribution in [0.2, 0.25) is 0 Å². The molecule has 0 radical (unpaired) electrons. The molecule has 1 rings (SSSR count). The molecule has 0 aliphatic heterocycles. The zero-order valence-electron chi connectivity index (χ0n) is 8.25. The van der Waals surface area contributed by atoms with Gasteiger partial charge in [-0.1, -0.05) is 0 Å². The number of nitrogens with two attached hydrogens (primary N) is 2. The minimum atomic E-state index is -4.68. The number of amides is 1. The molecule has 0 atom stereocenters. The highest BCUT2D eigenvalue weighted by Gasteiger charge is 2.31. The van der Waals surface area contributed by atoms with E-state index in [1.54, 1.807) is 0 Å².